The van der Waals surface area contributed by atoms with Crippen LogP contribution < -0.4 is 0 Å². The van der Waals surface area contributed by atoms with Crippen molar-refractivity contribution in [3.8, 4) is 0 Å². The smallest absolute Gasteiger partial charge is 0.435 e. The van der Waals surface area contributed by atoms with Gasteiger partial charge < -0.3 is 24.1 Å². The Labute approximate surface area is 217 Å². The minimum Gasteiger partial charge on any atom is -0.435 e. The molecule has 37 heavy (non-hydrogen) atoms. The van der Waals surface area contributed by atoms with Crippen LogP contribution in [0.5, 0.6) is 0 Å². The first-order chi connectivity index (χ1) is 17.4. The highest BCUT2D eigenvalue weighted by Crippen LogP contribution is 2.69. The van der Waals surface area contributed by atoms with Gasteiger partial charge in [0.1, 0.15) is 0 Å². The SMILES string of the molecule is CCOC(=O)OCC(=O)[C@@]1(OC(=O)OCC)[C@@H](C)C[C@H]2[C@@H]3CCC4=CC(=O)C=C[C@]4(C)[C@H]3[C@@H](O)C[C@@]21C. The summed E-state index contributed by atoms with van der Waals surface area (Å²) in [6.45, 7) is 8.65. The van der Waals surface area contributed by atoms with E-state index in [9.17, 15) is 24.3 Å². The van der Waals surface area contributed by atoms with Crippen LogP contribution in [-0.4, -0.2) is 60.5 Å². The largest absolute Gasteiger partial charge is 0.509 e. The third-order valence-electron chi connectivity index (χ3n) is 9.54. The summed E-state index contributed by atoms with van der Waals surface area (Å²) in [5, 5.41) is 11.7. The molecule has 0 unspecified atom stereocenters. The van der Waals surface area contributed by atoms with E-state index in [1.165, 1.54) is 0 Å². The maximum atomic E-state index is 13.9. The lowest BCUT2D eigenvalue weighted by Gasteiger charge is -2.59. The molecule has 9 heteroatoms. The van der Waals surface area contributed by atoms with Gasteiger partial charge in [-0.15, -0.1) is 0 Å². The maximum Gasteiger partial charge on any atom is 0.509 e. The van der Waals surface area contributed by atoms with Crippen LogP contribution in [0.1, 0.15) is 60.3 Å². The van der Waals surface area contributed by atoms with Crippen LogP contribution in [0.15, 0.2) is 23.8 Å². The first kappa shape index (κ1) is 27.4. The standard InChI is InChI=1S/C28H38O9/c1-6-34-24(32)36-15-22(31)28(37-25(33)35-7-2)16(3)12-20-19-9-8-17-13-18(29)10-11-26(17,4)23(19)21(30)14-27(20,28)5/h10-11,13,16,19-21,23,30H,6-9,12,14-15H2,1-5H3/t16-,19-,20-,21-,23+,26-,27-,28-/m0/s1. The number of fused-ring (bicyclic) bond motifs is 5. The van der Waals surface area contributed by atoms with Crippen molar-refractivity contribution < 1.29 is 43.2 Å². The van der Waals surface area contributed by atoms with Gasteiger partial charge in [-0.25, -0.2) is 9.59 Å². The summed E-state index contributed by atoms with van der Waals surface area (Å²) in [7, 11) is 0. The Hall–Kier alpha value is -2.68. The second-order valence-electron chi connectivity index (χ2n) is 11.3. The number of hydrogen-bond donors (Lipinski definition) is 1. The van der Waals surface area contributed by atoms with Crippen molar-refractivity contribution in [1.29, 1.82) is 0 Å². The molecule has 0 heterocycles. The molecule has 0 aromatic heterocycles. The molecule has 0 aromatic rings. The summed E-state index contributed by atoms with van der Waals surface area (Å²) < 4.78 is 20.9. The first-order valence-corrected chi connectivity index (χ1v) is 13.3. The van der Waals surface area contributed by atoms with E-state index in [1.807, 2.05) is 19.9 Å². The van der Waals surface area contributed by atoms with Crippen LogP contribution >= 0.6 is 0 Å². The summed E-state index contributed by atoms with van der Waals surface area (Å²) in [5.41, 5.74) is -2.02. The van der Waals surface area contributed by atoms with Gasteiger partial charge in [0.25, 0.3) is 0 Å². The van der Waals surface area contributed by atoms with Crippen molar-refractivity contribution in [2.75, 3.05) is 19.8 Å². The Kier molecular flexibility index (Phi) is 7.31. The number of ketones is 2. The summed E-state index contributed by atoms with van der Waals surface area (Å²) in [4.78, 5) is 50.5. The molecule has 0 radical (unpaired) electrons. The van der Waals surface area contributed by atoms with E-state index in [0.717, 1.165) is 12.0 Å². The van der Waals surface area contributed by atoms with Gasteiger partial charge in [-0.3, -0.25) is 9.59 Å². The zero-order valence-corrected chi connectivity index (χ0v) is 22.3. The summed E-state index contributed by atoms with van der Waals surface area (Å²) in [6.07, 6.45) is 4.70. The number of carbonyl (C=O) groups is 4. The molecule has 3 fully saturated rings. The molecule has 0 bridgehead atoms. The van der Waals surface area contributed by atoms with E-state index in [4.69, 9.17) is 18.9 Å². The van der Waals surface area contributed by atoms with E-state index in [2.05, 4.69) is 6.92 Å². The number of allylic oxidation sites excluding steroid dienone is 4. The van der Waals surface area contributed by atoms with Crippen molar-refractivity contribution in [1.82, 2.24) is 0 Å². The molecule has 3 saturated carbocycles. The summed E-state index contributed by atoms with van der Waals surface area (Å²) >= 11 is 0. The highest BCUT2D eigenvalue weighted by atomic mass is 16.7. The molecule has 204 valence electrons. The van der Waals surface area contributed by atoms with E-state index in [-0.39, 0.29) is 43.2 Å². The van der Waals surface area contributed by atoms with E-state index >= 15 is 0 Å². The zero-order chi connectivity index (χ0) is 27.2. The zero-order valence-electron chi connectivity index (χ0n) is 22.3. The lowest BCUT2D eigenvalue weighted by molar-refractivity contribution is -0.189. The lowest BCUT2D eigenvalue weighted by atomic mass is 9.46. The van der Waals surface area contributed by atoms with Gasteiger partial charge in [-0.1, -0.05) is 32.4 Å². The number of ether oxygens (including phenoxy) is 4. The molecule has 4 aliphatic rings. The molecule has 8 atom stereocenters. The van der Waals surface area contributed by atoms with Crippen molar-refractivity contribution in [2.45, 2.75) is 72.0 Å². The van der Waals surface area contributed by atoms with Crippen molar-refractivity contribution >= 4 is 23.9 Å². The highest BCUT2D eigenvalue weighted by molar-refractivity contribution is 6.01. The molecule has 4 aliphatic carbocycles. The van der Waals surface area contributed by atoms with Gasteiger partial charge in [0.15, 0.2) is 18.0 Å². The topological polar surface area (TPSA) is 125 Å². The first-order valence-electron chi connectivity index (χ1n) is 13.3. The van der Waals surface area contributed by atoms with E-state index in [0.29, 0.717) is 12.8 Å². The minimum atomic E-state index is -1.66. The van der Waals surface area contributed by atoms with Gasteiger partial charge in [-0.05, 0) is 63.5 Å². The maximum absolute atomic E-state index is 13.9. The molecule has 0 spiro atoms. The molecule has 1 N–H and O–H groups in total. The third kappa shape index (κ3) is 4.19. The second kappa shape index (κ2) is 9.89. The fraction of sp³-hybridized carbons (Fsp3) is 0.714. The highest BCUT2D eigenvalue weighted by Gasteiger charge is 2.73. The Morgan fingerprint density at radius 3 is 2.43 bits per heavy atom. The monoisotopic (exact) mass is 518 g/mol. The number of carbonyl (C=O) groups excluding carboxylic acids is 4. The molecule has 0 saturated heterocycles. The minimum absolute atomic E-state index is 0.0302. The van der Waals surface area contributed by atoms with Crippen molar-refractivity contribution in [3.05, 3.63) is 23.8 Å². The van der Waals surface area contributed by atoms with Gasteiger partial charge in [0.05, 0.1) is 19.3 Å². The molecule has 0 amide bonds. The van der Waals surface area contributed by atoms with E-state index in [1.54, 1.807) is 26.0 Å². The Morgan fingerprint density at radius 2 is 1.76 bits per heavy atom. The molecule has 0 aliphatic heterocycles. The molecular formula is C28H38O9. The summed E-state index contributed by atoms with van der Waals surface area (Å²) in [5.74, 6) is -1.17. The van der Waals surface area contributed by atoms with Crippen LogP contribution in [-0.2, 0) is 28.5 Å². The van der Waals surface area contributed by atoms with Crippen LogP contribution in [0.3, 0.4) is 0 Å². The van der Waals surface area contributed by atoms with Gasteiger partial charge in [0, 0.05) is 22.7 Å². The lowest BCUT2D eigenvalue weighted by Crippen LogP contribution is -2.64. The fourth-order valence-electron chi connectivity index (χ4n) is 8.18. The van der Waals surface area contributed by atoms with Crippen molar-refractivity contribution in [2.24, 2.45) is 34.5 Å². The Bertz CT molecular complexity index is 1030. The van der Waals surface area contributed by atoms with Gasteiger partial charge in [-0.2, -0.15) is 0 Å². The molecule has 9 nitrogen and oxygen atoms in total. The van der Waals surface area contributed by atoms with Crippen LogP contribution in [0.25, 0.3) is 0 Å². The van der Waals surface area contributed by atoms with Crippen molar-refractivity contribution in [3.63, 3.8) is 0 Å². The number of rotatable bonds is 6. The Morgan fingerprint density at radius 1 is 1.08 bits per heavy atom. The average Bonchev–Trinajstić information content (AvgIpc) is 3.05. The average molecular weight is 519 g/mol. The predicted octanol–water partition coefficient (Wildman–Crippen LogP) is 4.17. The number of aliphatic hydroxyl groups is 1. The van der Waals surface area contributed by atoms with E-state index < -0.39 is 53.2 Å². The predicted molar refractivity (Wildman–Crippen MR) is 131 cm³/mol. The molecule has 4 rings (SSSR count). The number of aliphatic hydroxyl groups excluding tert-OH is 1. The van der Waals surface area contributed by atoms with Gasteiger partial charge >= 0.3 is 12.3 Å². The fourth-order valence-corrected chi connectivity index (χ4v) is 8.18. The Balaban J connectivity index is 1.73. The number of hydrogen-bond acceptors (Lipinski definition) is 9. The molecule has 0 aromatic carbocycles. The second-order valence-corrected chi connectivity index (χ2v) is 11.3. The quantitative estimate of drug-likeness (QED) is 0.516. The number of Topliss-reactive ketones (excluding diaryl/α,β-unsaturated/α-hetero) is 1. The van der Waals surface area contributed by atoms with Crippen LogP contribution in [0, 0.1) is 34.5 Å². The van der Waals surface area contributed by atoms with Gasteiger partial charge in [0.2, 0.25) is 5.78 Å². The summed E-state index contributed by atoms with van der Waals surface area (Å²) in [6, 6.07) is 0. The van der Waals surface area contributed by atoms with Crippen LogP contribution in [0.2, 0.25) is 0 Å². The van der Waals surface area contributed by atoms with Crippen LogP contribution in [0.4, 0.5) is 9.59 Å². The third-order valence-corrected chi connectivity index (χ3v) is 9.54. The normalized spacial score (nSPS) is 40.0. The molecular weight excluding hydrogens is 480 g/mol.